The number of rotatable bonds is 6. The Bertz CT molecular complexity index is 792. The molecule has 2 N–H and O–H groups in total. The minimum absolute atomic E-state index is 0.100. The van der Waals surface area contributed by atoms with Gasteiger partial charge in [-0.05, 0) is 30.3 Å². The molecule has 0 bridgehead atoms. The average Bonchev–Trinajstić information content (AvgIpc) is 2.56. The summed E-state index contributed by atoms with van der Waals surface area (Å²) in [6, 6.07) is 13.5. The summed E-state index contributed by atoms with van der Waals surface area (Å²) < 4.78 is 38.6. The molecule has 0 saturated heterocycles. The van der Waals surface area contributed by atoms with Crippen LogP contribution in [0, 0.1) is 5.82 Å². The summed E-state index contributed by atoms with van der Waals surface area (Å²) in [6.45, 7) is -0.100. The lowest BCUT2D eigenvalue weighted by Gasteiger charge is -2.09. The molecule has 0 aliphatic rings. The van der Waals surface area contributed by atoms with Crippen LogP contribution in [-0.2, 0) is 10.0 Å². The topological polar surface area (TPSA) is 75.3 Å². The van der Waals surface area contributed by atoms with Gasteiger partial charge in [-0.15, -0.1) is 0 Å². The second-order valence-corrected chi connectivity index (χ2v) is 6.89. The third-order valence-electron chi connectivity index (χ3n) is 3.29. The first-order valence-corrected chi connectivity index (χ1v) is 8.62. The van der Waals surface area contributed by atoms with Gasteiger partial charge < -0.3 is 5.32 Å². The van der Waals surface area contributed by atoms with Crippen LogP contribution in [0.3, 0.4) is 0 Å². The number of hydrogen-bond acceptors (Lipinski definition) is 3. The lowest BCUT2D eigenvalue weighted by Crippen LogP contribution is -2.33. The first-order chi connectivity index (χ1) is 10.9. The highest BCUT2D eigenvalue weighted by atomic mass is 32.2. The molecule has 23 heavy (non-hydrogen) atoms. The van der Waals surface area contributed by atoms with Crippen LogP contribution in [0.1, 0.15) is 10.4 Å². The average molecular weight is 336 g/mol. The molecular formula is C16H17FN2O3S. The molecule has 0 fully saturated rings. The Hall–Kier alpha value is -2.25. The van der Waals surface area contributed by atoms with E-state index in [1.165, 1.54) is 19.2 Å². The number of amides is 1. The van der Waals surface area contributed by atoms with Gasteiger partial charge in [-0.2, -0.15) is 0 Å². The standard InChI is InChI=1S/C16H17FN2O3S/c1-18-23(21,22)10-9-19-16(20)14-11-13(7-8-15(14)17)12-5-3-2-4-6-12/h2-8,11,18H,9-10H2,1H3,(H,19,20). The molecule has 0 aliphatic heterocycles. The summed E-state index contributed by atoms with van der Waals surface area (Å²) in [7, 11) is -2.13. The van der Waals surface area contributed by atoms with Gasteiger partial charge in [-0.3, -0.25) is 4.79 Å². The van der Waals surface area contributed by atoms with E-state index in [2.05, 4.69) is 10.0 Å². The summed E-state index contributed by atoms with van der Waals surface area (Å²) in [5.74, 6) is -1.57. The zero-order valence-electron chi connectivity index (χ0n) is 12.5. The van der Waals surface area contributed by atoms with Crippen molar-refractivity contribution in [1.29, 1.82) is 0 Å². The molecule has 1 amide bonds. The van der Waals surface area contributed by atoms with Crippen LogP contribution in [0.4, 0.5) is 4.39 Å². The molecule has 0 heterocycles. The van der Waals surface area contributed by atoms with Crippen molar-refractivity contribution in [3.8, 4) is 11.1 Å². The van der Waals surface area contributed by atoms with Crippen molar-refractivity contribution in [3.05, 3.63) is 59.9 Å². The van der Waals surface area contributed by atoms with E-state index in [-0.39, 0.29) is 17.9 Å². The molecule has 0 radical (unpaired) electrons. The lowest BCUT2D eigenvalue weighted by atomic mass is 10.0. The van der Waals surface area contributed by atoms with Crippen LogP contribution in [0.2, 0.25) is 0 Å². The number of halogens is 1. The lowest BCUT2D eigenvalue weighted by molar-refractivity contribution is 0.0952. The fourth-order valence-corrected chi connectivity index (χ4v) is 2.58. The summed E-state index contributed by atoms with van der Waals surface area (Å²) in [6.07, 6.45) is 0. The van der Waals surface area contributed by atoms with Crippen molar-refractivity contribution in [2.24, 2.45) is 0 Å². The second-order valence-electron chi connectivity index (χ2n) is 4.84. The molecule has 122 valence electrons. The van der Waals surface area contributed by atoms with Gasteiger partial charge in [0, 0.05) is 6.54 Å². The van der Waals surface area contributed by atoms with E-state index in [9.17, 15) is 17.6 Å². The van der Waals surface area contributed by atoms with Crippen molar-refractivity contribution in [2.45, 2.75) is 0 Å². The van der Waals surface area contributed by atoms with E-state index < -0.39 is 21.7 Å². The number of sulfonamides is 1. The van der Waals surface area contributed by atoms with Crippen LogP contribution in [-0.4, -0.2) is 33.7 Å². The molecule has 0 aliphatic carbocycles. The van der Waals surface area contributed by atoms with Gasteiger partial charge >= 0.3 is 0 Å². The zero-order valence-corrected chi connectivity index (χ0v) is 13.4. The minimum atomic E-state index is -3.42. The Morgan fingerprint density at radius 3 is 2.43 bits per heavy atom. The predicted molar refractivity (Wildman–Crippen MR) is 87.0 cm³/mol. The first kappa shape index (κ1) is 17.1. The molecule has 2 aromatic carbocycles. The zero-order chi connectivity index (χ0) is 16.9. The second kappa shape index (κ2) is 7.34. The van der Waals surface area contributed by atoms with Crippen molar-refractivity contribution in [1.82, 2.24) is 10.0 Å². The highest BCUT2D eigenvalue weighted by molar-refractivity contribution is 7.89. The Morgan fingerprint density at radius 1 is 1.09 bits per heavy atom. The first-order valence-electron chi connectivity index (χ1n) is 6.97. The largest absolute Gasteiger partial charge is 0.351 e. The van der Waals surface area contributed by atoms with Gasteiger partial charge in [0.2, 0.25) is 10.0 Å². The number of carbonyl (C=O) groups is 1. The fraction of sp³-hybridized carbons (Fsp3) is 0.188. The van der Waals surface area contributed by atoms with E-state index in [1.807, 2.05) is 30.3 Å². The molecule has 0 spiro atoms. The predicted octanol–water partition coefficient (Wildman–Crippen LogP) is 1.77. The molecular weight excluding hydrogens is 319 g/mol. The van der Waals surface area contributed by atoms with E-state index in [4.69, 9.17) is 0 Å². The number of hydrogen-bond donors (Lipinski definition) is 2. The molecule has 2 aromatic rings. The molecule has 5 nitrogen and oxygen atoms in total. The quantitative estimate of drug-likeness (QED) is 0.844. The van der Waals surface area contributed by atoms with Crippen LogP contribution in [0.15, 0.2) is 48.5 Å². The molecule has 0 atom stereocenters. The highest BCUT2D eigenvalue weighted by Gasteiger charge is 2.14. The highest BCUT2D eigenvalue weighted by Crippen LogP contribution is 2.21. The monoisotopic (exact) mass is 336 g/mol. The van der Waals surface area contributed by atoms with Gasteiger partial charge in [0.25, 0.3) is 5.91 Å². The van der Waals surface area contributed by atoms with Gasteiger partial charge in [0.1, 0.15) is 5.82 Å². The number of nitrogens with one attached hydrogen (secondary N) is 2. The minimum Gasteiger partial charge on any atom is -0.351 e. The third kappa shape index (κ3) is 4.61. The Morgan fingerprint density at radius 2 is 1.78 bits per heavy atom. The molecule has 7 heteroatoms. The van der Waals surface area contributed by atoms with Crippen LogP contribution in [0.25, 0.3) is 11.1 Å². The molecule has 0 aromatic heterocycles. The molecule has 0 saturated carbocycles. The Kier molecular flexibility index (Phi) is 5.46. The summed E-state index contributed by atoms with van der Waals surface area (Å²) in [5, 5.41) is 2.41. The number of benzene rings is 2. The van der Waals surface area contributed by atoms with E-state index >= 15 is 0 Å². The van der Waals surface area contributed by atoms with Crippen molar-refractivity contribution in [3.63, 3.8) is 0 Å². The maximum atomic E-state index is 13.9. The number of carbonyl (C=O) groups excluding carboxylic acids is 1. The van der Waals surface area contributed by atoms with Gasteiger partial charge in [0.15, 0.2) is 0 Å². The van der Waals surface area contributed by atoms with E-state index in [0.29, 0.717) is 5.56 Å². The molecule has 2 rings (SSSR count). The molecule has 0 unspecified atom stereocenters. The maximum Gasteiger partial charge on any atom is 0.254 e. The van der Waals surface area contributed by atoms with Crippen molar-refractivity contribution in [2.75, 3.05) is 19.3 Å². The Balaban J connectivity index is 2.14. The van der Waals surface area contributed by atoms with Gasteiger partial charge in [-0.25, -0.2) is 17.5 Å². The SMILES string of the molecule is CNS(=O)(=O)CCNC(=O)c1cc(-c2ccccc2)ccc1F. The normalized spacial score (nSPS) is 11.2. The van der Waals surface area contributed by atoms with Crippen LogP contribution < -0.4 is 10.0 Å². The Labute approximate surface area is 134 Å². The third-order valence-corrected chi connectivity index (χ3v) is 4.65. The van der Waals surface area contributed by atoms with Crippen molar-refractivity contribution >= 4 is 15.9 Å². The smallest absolute Gasteiger partial charge is 0.254 e. The van der Waals surface area contributed by atoms with E-state index in [1.54, 1.807) is 6.07 Å². The van der Waals surface area contributed by atoms with Crippen molar-refractivity contribution < 1.29 is 17.6 Å². The summed E-state index contributed by atoms with van der Waals surface area (Å²) >= 11 is 0. The summed E-state index contributed by atoms with van der Waals surface area (Å²) in [5.41, 5.74) is 1.45. The van der Waals surface area contributed by atoms with E-state index in [0.717, 1.165) is 5.56 Å². The van der Waals surface area contributed by atoms with Gasteiger partial charge in [0.05, 0.1) is 11.3 Å². The summed E-state index contributed by atoms with van der Waals surface area (Å²) in [4.78, 5) is 12.1. The van der Waals surface area contributed by atoms with Crippen LogP contribution >= 0.6 is 0 Å². The fourth-order valence-electron chi connectivity index (χ4n) is 2.01. The van der Waals surface area contributed by atoms with Gasteiger partial charge in [-0.1, -0.05) is 36.4 Å². The maximum absolute atomic E-state index is 13.9. The van der Waals surface area contributed by atoms with Crippen LogP contribution in [0.5, 0.6) is 0 Å².